The highest BCUT2D eigenvalue weighted by Gasteiger charge is 2.20. The standard InChI is InChI=1S/C20H24N4/c1-2-15-5-3-4-6-16(15)11-14-7-8-18-13-19(20(21)23-24-22)10-9-17(18)12-14/h3-6,9-10,13-14H,2,7-8,11-12H2,1H3,(H3,21,22,23). The lowest BCUT2D eigenvalue weighted by Gasteiger charge is -2.26. The van der Waals surface area contributed by atoms with Gasteiger partial charge in [0.25, 0.3) is 0 Å². The lowest BCUT2D eigenvalue weighted by Crippen LogP contribution is -2.19. The van der Waals surface area contributed by atoms with Gasteiger partial charge in [0.15, 0.2) is 5.84 Å². The SMILES string of the molecule is CCc1ccccc1CC1CCc2cc(C(N)=NN=N)ccc2C1. The van der Waals surface area contributed by atoms with Crippen molar-refractivity contribution in [1.29, 1.82) is 5.53 Å². The Morgan fingerprint density at radius 3 is 2.71 bits per heavy atom. The summed E-state index contributed by atoms with van der Waals surface area (Å²) in [6.07, 6.45) is 5.66. The van der Waals surface area contributed by atoms with E-state index < -0.39 is 0 Å². The van der Waals surface area contributed by atoms with Crippen LogP contribution in [0.2, 0.25) is 0 Å². The molecule has 4 heteroatoms. The Morgan fingerprint density at radius 1 is 1.17 bits per heavy atom. The predicted molar refractivity (Wildman–Crippen MR) is 97.4 cm³/mol. The largest absolute Gasteiger partial charge is 0.382 e. The number of hydrogen-bond donors (Lipinski definition) is 2. The van der Waals surface area contributed by atoms with E-state index in [0.717, 1.165) is 31.2 Å². The van der Waals surface area contributed by atoms with Crippen LogP contribution >= 0.6 is 0 Å². The van der Waals surface area contributed by atoms with Crippen LogP contribution in [0.25, 0.3) is 0 Å². The van der Waals surface area contributed by atoms with Gasteiger partial charge >= 0.3 is 0 Å². The Hall–Kier alpha value is -2.49. The zero-order valence-corrected chi connectivity index (χ0v) is 14.1. The van der Waals surface area contributed by atoms with Crippen molar-refractivity contribution in [3.63, 3.8) is 0 Å². The van der Waals surface area contributed by atoms with Crippen LogP contribution in [0.4, 0.5) is 0 Å². The van der Waals surface area contributed by atoms with E-state index in [1.165, 1.54) is 28.7 Å². The monoisotopic (exact) mass is 320 g/mol. The van der Waals surface area contributed by atoms with Crippen LogP contribution in [-0.2, 0) is 25.7 Å². The summed E-state index contributed by atoms with van der Waals surface area (Å²) in [4.78, 5) is 0. The lowest BCUT2D eigenvalue weighted by atomic mass is 9.79. The van der Waals surface area contributed by atoms with E-state index in [-0.39, 0.29) is 0 Å². The summed E-state index contributed by atoms with van der Waals surface area (Å²) in [5.41, 5.74) is 19.2. The molecule has 3 N–H and O–H groups in total. The molecule has 0 amide bonds. The fourth-order valence-electron chi connectivity index (χ4n) is 3.69. The maximum Gasteiger partial charge on any atom is 0.155 e. The second kappa shape index (κ2) is 7.39. The number of amidine groups is 1. The maximum atomic E-state index is 6.79. The Morgan fingerprint density at radius 2 is 1.96 bits per heavy atom. The van der Waals surface area contributed by atoms with Crippen molar-refractivity contribution >= 4 is 5.84 Å². The van der Waals surface area contributed by atoms with Gasteiger partial charge in [-0.2, -0.15) is 5.53 Å². The van der Waals surface area contributed by atoms with E-state index in [2.05, 4.69) is 53.6 Å². The molecule has 2 aromatic rings. The molecular weight excluding hydrogens is 296 g/mol. The van der Waals surface area contributed by atoms with Crippen molar-refractivity contribution in [3.05, 3.63) is 70.3 Å². The minimum absolute atomic E-state index is 0.312. The third-order valence-electron chi connectivity index (χ3n) is 5.00. The quantitative estimate of drug-likeness (QED) is 0.367. The molecule has 0 radical (unpaired) electrons. The first-order valence-corrected chi connectivity index (χ1v) is 8.60. The van der Waals surface area contributed by atoms with Crippen molar-refractivity contribution < 1.29 is 0 Å². The Balaban J connectivity index is 1.75. The molecular formula is C20H24N4. The Kier molecular flexibility index (Phi) is 5.04. The van der Waals surface area contributed by atoms with E-state index >= 15 is 0 Å². The average molecular weight is 320 g/mol. The third kappa shape index (κ3) is 3.53. The normalized spacial score (nSPS) is 17.4. The molecule has 2 aromatic carbocycles. The molecule has 4 nitrogen and oxygen atoms in total. The van der Waals surface area contributed by atoms with Crippen LogP contribution in [0.3, 0.4) is 0 Å². The highest BCUT2D eigenvalue weighted by Crippen LogP contribution is 2.29. The second-order valence-electron chi connectivity index (χ2n) is 6.50. The van der Waals surface area contributed by atoms with E-state index in [1.807, 2.05) is 6.07 Å². The Bertz CT molecular complexity index is 764. The minimum atomic E-state index is 0.312. The van der Waals surface area contributed by atoms with Gasteiger partial charge in [-0.3, -0.25) is 0 Å². The molecule has 0 saturated carbocycles. The summed E-state index contributed by atoms with van der Waals surface area (Å²) in [5, 5.41) is 6.63. The number of nitrogens with one attached hydrogen (secondary N) is 1. The number of rotatable bonds is 5. The molecule has 24 heavy (non-hydrogen) atoms. The number of fused-ring (bicyclic) bond motifs is 1. The summed E-state index contributed by atoms with van der Waals surface area (Å²) >= 11 is 0. The van der Waals surface area contributed by atoms with Gasteiger partial charge in [0.05, 0.1) is 0 Å². The topological polar surface area (TPSA) is 74.6 Å². The van der Waals surface area contributed by atoms with E-state index in [1.54, 1.807) is 0 Å². The number of nitrogens with two attached hydrogens (primary N) is 1. The fraction of sp³-hybridized carbons (Fsp3) is 0.350. The molecule has 124 valence electrons. The van der Waals surface area contributed by atoms with Crippen molar-refractivity contribution in [2.24, 2.45) is 22.0 Å². The number of hydrogen-bond acceptors (Lipinski definition) is 2. The predicted octanol–water partition coefficient (Wildman–Crippen LogP) is 4.25. The molecule has 1 unspecified atom stereocenters. The summed E-state index contributed by atoms with van der Waals surface area (Å²) < 4.78 is 0. The van der Waals surface area contributed by atoms with Crippen LogP contribution in [0.15, 0.2) is 52.8 Å². The smallest absolute Gasteiger partial charge is 0.155 e. The molecule has 1 atom stereocenters. The van der Waals surface area contributed by atoms with E-state index in [0.29, 0.717) is 11.8 Å². The van der Waals surface area contributed by atoms with Gasteiger partial charge in [-0.1, -0.05) is 48.5 Å². The minimum Gasteiger partial charge on any atom is -0.382 e. The molecule has 0 fully saturated rings. The molecule has 0 bridgehead atoms. The first kappa shape index (κ1) is 16.4. The average Bonchev–Trinajstić information content (AvgIpc) is 2.62. The zero-order chi connectivity index (χ0) is 16.9. The molecule has 0 saturated heterocycles. The molecule has 0 spiro atoms. The van der Waals surface area contributed by atoms with Crippen molar-refractivity contribution in [3.8, 4) is 0 Å². The van der Waals surface area contributed by atoms with E-state index in [9.17, 15) is 0 Å². The van der Waals surface area contributed by atoms with Gasteiger partial charge in [-0.05, 0) is 66.3 Å². The third-order valence-corrected chi connectivity index (χ3v) is 5.00. The highest BCUT2D eigenvalue weighted by molar-refractivity contribution is 5.97. The first-order valence-electron chi connectivity index (χ1n) is 8.60. The van der Waals surface area contributed by atoms with Gasteiger partial charge in [0.2, 0.25) is 0 Å². The van der Waals surface area contributed by atoms with Gasteiger partial charge in [-0.25, -0.2) is 0 Å². The molecule has 0 aliphatic heterocycles. The van der Waals surface area contributed by atoms with Crippen LogP contribution < -0.4 is 5.73 Å². The summed E-state index contributed by atoms with van der Waals surface area (Å²) in [7, 11) is 0. The zero-order valence-electron chi connectivity index (χ0n) is 14.1. The van der Waals surface area contributed by atoms with Crippen LogP contribution in [0, 0.1) is 11.4 Å². The summed E-state index contributed by atoms with van der Waals surface area (Å²) in [6, 6.07) is 15.1. The fourth-order valence-corrected chi connectivity index (χ4v) is 3.69. The lowest BCUT2D eigenvalue weighted by molar-refractivity contribution is 0.455. The van der Waals surface area contributed by atoms with Crippen LogP contribution in [0.5, 0.6) is 0 Å². The van der Waals surface area contributed by atoms with Crippen LogP contribution in [-0.4, -0.2) is 5.84 Å². The van der Waals surface area contributed by atoms with Gasteiger partial charge in [0, 0.05) is 5.56 Å². The first-order chi connectivity index (χ1) is 11.7. The van der Waals surface area contributed by atoms with Crippen molar-refractivity contribution in [1.82, 2.24) is 0 Å². The molecule has 3 rings (SSSR count). The molecule has 0 heterocycles. The van der Waals surface area contributed by atoms with Gasteiger partial charge in [0.1, 0.15) is 0 Å². The van der Waals surface area contributed by atoms with Crippen molar-refractivity contribution in [2.75, 3.05) is 0 Å². The van der Waals surface area contributed by atoms with Crippen LogP contribution in [0.1, 0.15) is 41.2 Å². The second-order valence-corrected chi connectivity index (χ2v) is 6.50. The maximum absolute atomic E-state index is 6.79. The van der Waals surface area contributed by atoms with E-state index in [4.69, 9.17) is 11.3 Å². The highest BCUT2D eigenvalue weighted by atomic mass is 15.3. The summed E-state index contributed by atoms with van der Waals surface area (Å²) in [5.74, 6) is 1.01. The van der Waals surface area contributed by atoms with Gasteiger partial charge < -0.3 is 5.73 Å². The molecule has 1 aliphatic rings. The molecule has 0 aromatic heterocycles. The Labute approximate surface area is 143 Å². The van der Waals surface area contributed by atoms with Crippen molar-refractivity contribution in [2.45, 2.75) is 39.0 Å². The number of aryl methyl sites for hydroxylation is 2. The van der Waals surface area contributed by atoms with Gasteiger partial charge in [-0.15, -0.1) is 5.10 Å². The number of benzene rings is 2. The summed E-state index contributed by atoms with van der Waals surface area (Å²) in [6.45, 7) is 2.23. The molecule has 1 aliphatic carbocycles. The number of nitrogens with zero attached hydrogens (tertiary/aromatic N) is 2.